The van der Waals surface area contributed by atoms with Crippen molar-refractivity contribution >= 4 is 23.4 Å². The number of amides is 3. The molecule has 0 spiro atoms. The van der Waals surface area contributed by atoms with Crippen molar-refractivity contribution < 1.29 is 14.4 Å². The van der Waals surface area contributed by atoms with Gasteiger partial charge in [-0.25, -0.2) is 0 Å². The molecule has 1 aliphatic carbocycles. The summed E-state index contributed by atoms with van der Waals surface area (Å²) in [6, 6.07) is 5.68. The Morgan fingerprint density at radius 2 is 1.97 bits per heavy atom. The first-order valence-corrected chi connectivity index (χ1v) is 11.4. The fourth-order valence-corrected chi connectivity index (χ4v) is 5.65. The third-order valence-corrected chi connectivity index (χ3v) is 7.39. The molecule has 5 rings (SSSR count). The molecule has 1 aromatic rings. The molecule has 31 heavy (non-hydrogen) atoms. The van der Waals surface area contributed by atoms with E-state index in [1.807, 2.05) is 21.9 Å². The first kappa shape index (κ1) is 20.2. The highest BCUT2D eigenvalue weighted by Crippen LogP contribution is 2.35. The van der Waals surface area contributed by atoms with Gasteiger partial charge in [-0.1, -0.05) is 12.2 Å². The molecule has 2 fully saturated rings. The Hall–Kier alpha value is -2.67. The average Bonchev–Trinajstić information content (AvgIpc) is 3.46. The zero-order valence-corrected chi connectivity index (χ0v) is 18.0. The van der Waals surface area contributed by atoms with Gasteiger partial charge in [-0.2, -0.15) is 0 Å². The van der Waals surface area contributed by atoms with Gasteiger partial charge in [0.2, 0.25) is 11.8 Å². The van der Waals surface area contributed by atoms with E-state index in [2.05, 4.69) is 22.4 Å². The third kappa shape index (κ3) is 3.76. The number of hydrogen-bond acceptors (Lipinski definition) is 4. The van der Waals surface area contributed by atoms with E-state index in [9.17, 15) is 14.4 Å². The van der Waals surface area contributed by atoms with Crippen LogP contribution in [0.2, 0.25) is 0 Å². The van der Waals surface area contributed by atoms with Gasteiger partial charge in [0.1, 0.15) is 0 Å². The smallest absolute Gasteiger partial charge is 0.251 e. The fraction of sp³-hybridized carbons (Fsp3) is 0.542. The van der Waals surface area contributed by atoms with E-state index in [-0.39, 0.29) is 23.8 Å². The average molecular weight is 423 g/mol. The predicted molar refractivity (Wildman–Crippen MR) is 118 cm³/mol. The molecule has 3 heterocycles. The van der Waals surface area contributed by atoms with Crippen LogP contribution in [0.4, 0.5) is 5.69 Å². The van der Waals surface area contributed by atoms with Crippen molar-refractivity contribution in [2.75, 3.05) is 44.7 Å². The van der Waals surface area contributed by atoms with Gasteiger partial charge in [-0.05, 0) is 54.9 Å². The molecule has 164 valence electrons. The number of carbonyl (C=O) groups is 3. The lowest BCUT2D eigenvalue weighted by Crippen LogP contribution is -2.49. The second kappa shape index (κ2) is 8.11. The van der Waals surface area contributed by atoms with Gasteiger partial charge in [-0.15, -0.1) is 0 Å². The molecule has 2 atom stereocenters. The highest BCUT2D eigenvalue weighted by molar-refractivity contribution is 6.03. The minimum Gasteiger partial charge on any atom is -0.355 e. The summed E-state index contributed by atoms with van der Waals surface area (Å²) in [7, 11) is 1.61. The van der Waals surface area contributed by atoms with E-state index < -0.39 is 0 Å². The first-order valence-electron chi connectivity index (χ1n) is 11.4. The number of likely N-dealkylation sites (tertiary alicyclic amines) is 2. The lowest BCUT2D eigenvalue weighted by atomic mass is 10.0. The molecule has 2 saturated heterocycles. The van der Waals surface area contributed by atoms with Crippen LogP contribution in [0.15, 0.2) is 30.4 Å². The van der Waals surface area contributed by atoms with E-state index in [0.717, 1.165) is 56.7 Å². The molecule has 0 saturated carbocycles. The van der Waals surface area contributed by atoms with Crippen LogP contribution in [0.3, 0.4) is 0 Å². The highest BCUT2D eigenvalue weighted by atomic mass is 16.2. The second-order valence-corrected chi connectivity index (χ2v) is 9.26. The maximum absolute atomic E-state index is 12.8. The number of fused-ring (bicyclic) bond motifs is 2. The summed E-state index contributed by atoms with van der Waals surface area (Å²) in [5.41, 5.74) is 2.45. The molecule has 0 aromatic heterocycles. The van der Waals surface area contributed by atoms with Crippen LogP contribution in [0, 0.1) is 11.8 Å². The highest BCUT2D eigenvalue weighted by Gasteiger charge is 2.38. The molecule has 0 bridgehead atoms. The maximum atomic E-state index is 12.8. The number of hydrogen-bond donors (Lipinski definition) is 1. The van der Waals surface area contributed by atoms with E-state index in [1.165, 1.54) is 0 Å². The maximum Gasteiger partial charge on any atom is 0.251 e. The molecule has 1 aromatic carbocycles. The normalized spacial score (nSPS) is 25.8. The van der Waals surface area contributed by atoms with Gasteiger partial charge in [0, 0.05) is 50.5 Å². The molecule has 3 aliphatic heterocycles. The predicted octanol–water partition coefficient (Wildman–Crippen LogP) is 1.43. The van der Waals surface area contributed by atoms with E-state index in [1.54, 1.807) is 13.1 Å². The van der Waals surface area contributed by atoms with Gasteiger partial charge < -0.3 is 15.1 Å². The van der Waals surface area contributed by atoms with Crippen LogP contribution in [0.1, 0.15) is 35.2 Å². The Morgan fingerprint density at radius 1 is 1.16 bits per heavy atom. The molecule has 3 amide bonds. The fourth-order valence-electron chi connectivity index (χ4n) is 5.65. The van der Waals surface area contributed by atoms with Crippen molar-refractivity contribution in [1.82, 2.24) is 15.1 Å². The van der Waals surface area contributed by atoms with Crippen LogP contribution in [-0.4, -0.2) is 73.3 Å². The van der Waals surface area contributed by atoms with Crippen LogP contribution in [0.5, 0.6) is 0 Å². The number of rotatable bonds is 4. The number of anilines is 1. The van der Waals surface area contributed by atoms with Gasteiger partial charge in [0.25, 0.3) is 5.91 Å². The summed E-state index contributed by atoms with van der Waals surface area (Å²) in [4.78, 5) is 43.6. The lowest BCUT2D eigenvalue weighted by Gasteiger charge is -2.37. The number of carbonyl (C=O) groups excluding carboxylic acids is 3. The third-order valence-electron chi connectivity index (χ3n) is 7.39. The van der Waals surface area contributed by atoms with Gasteiger partial charge in [-0.3, -0.25) is 19.3 Å². The Kier molecular flexibility index (Phi) is 5.30. The number of nitrogens with zero attached hydrogens (tertiary/aromatic N) is 3. The zero-order valence-electron chi connectivity index (χ0n) is 18.0. The van der Waals surface area contributed by atoms with E-state index in [4.69, 9.17) is 0 Å². The summed E-state index contributed by atoms with van der Waals surface area (Å²) < 4.78 is 0. The van der Waals surface area contributed by atoms with Crippen molar-refractivity contribution in [1.29, 1.82) is 0 Å². The van der Waals surface area contributed by atoms with E-state index >= 15 is 0 Å². The number of nitrogens with one attached hydrogen (secondary N) is 1. The molecule has 1 N–H and O–H groups in total. The van der Waals surface area contributed by atoms with Crippen molar-refractivity contribution in [3.8, 4) is 0 Å². The van der Waals surface area contributed by atoms with Crippen molar-refractivity contribution in [2.24, 2.45) is 11.8 Å². The summed E-state index contributed by atoms with van der Waals surface area (Å²) in [6.45, 7) is 3.90. The lowest BCUT2D eigenvalue weighted by molar-refractivity contribution is -0.132. The van der Waals surface area contributed by atoms with Crippen molar-refractivity contribution in [3.63, 3.8) is 0 Å². The zero-order chi connectivity index (χ0) is 21.5. The summed E-state index contributed by atoms with van der Waals surface area (Å²) in [5.74, 6) is 1.39. The molecule has 7 nitrogen and oxygen atoms in total. The summed E-state index contributed by atoms with van der Waals surface area (Å²) in [5, 5.41) is 2.63. The van der Waals surface area contributed by atoms with Crippen molar-refractivity contribution in [3.05, 3.63) is 41.5 Å². The Morgan fingerprint density at radius 3 is 2.71 bits per heavy atom. The Balaban J connectivity index is 1.18. The standard InChI is InChI=1S/C24H30N4O3/c1-25-24(31)16-5-6-21-19(11-16)12-22(29)28(21)20-7-9-26(10-8-20)15-23(30)27-13-17-3-2-4-18(17)14-27/h2-3,5-6,11,17-18,20H,4,7-10,12-15H2,1H3,(H,25,31). The van der Waals surface area contributed by atoms with Crippen LogP contribution in [-0.2, 0) is 16.0 Å². The SMILES string of the molecule is CNC(=O)c1ccc2c(c1)CC(=O)N2C1CCN(CC(=O)N2CC3C=CCC3C2)CC1. The Labute approximate surface area is 183 Å². The minimum atomic E-state index is -0.135. The second-order valence-electron chi connectivity index (χ2n) is 9.26. The van der Waals surface area contributed by atoms with Gasteiger partial charge in [0.15, 0.2) is 0 Å². The van der Waals surface area contributed by atoms with Crippen LogP contribution < -0.4 is 10.2 Å². The Bertz CT molecular complexity index is 935. The van der Waals surface area contributed by atoms with Crippen molar-refractivity contribution in [2.45, 2.75) is 31.7 Å². The topological polar surface area (TPSA) is 73.0 Å². The molecular weight excluding hydrogens is 392 g/mol. The number of benzene rings is 1. The van der Waals surface area contributed by atoms with Crippen LogP contribution in [0.25, 0.3) is 0 Å². The molecule has 4 aliphatic rings. The molecule has 0 radical (unpaired) electrons. The van der Waals surface area contributed by atoms with Gasteiger partial charge in [0.05, 0.1) is 13.0 Å². The number of allylic oxidation sites excluding steroid dienone is 1. The molecule has 2 unspecified atom stereocenters. The summed E-state index contributed by atoms with van der Waals surface area (Å²) >= 11 is 0. The minimum absolute atomic E-state index is 0.107. The molecular formula is C24H30N4O3. The van der Waals surface area contributed by atoms with Crippen LogP contribution >= 0.6 is 0 Å². The molecule has 7 heteroatoms. The van der Waals surface area contributed by atoms with E-state index in [0.29, 0.717) is 30.4 Å². The van der Waals surface area contributed by atoms with Gasteiger partial charge >= 0.3 is 0 Å². The summed E-state index contributed by atoms with van der Waals surface area (Å²) in [6.07, 6.45) is 7.71. The quantitative estimate of drug-likeness (QED) is 0.746. The largest absolute Gasteiger partial charge is 0.355 e. The first-order chi connectivity index (χ1) is 15.0. The number of piperidine rings is 1. The monoisotopic (exact) mass is 422 g/mol.